The van der Waals surface area contributed by atoms with Crippen molar-refractivity contribution in [2.45, 2.75) is 32.7 Å². The number of nitrogens with one attached hydrogen (secondary N) is 1. The molecule has 1 aliphatic rings. The number of likely N-dealkylation sites (tertiary alicyclic amines) is 1. The van der Waals surface area contributed by atoms with Crippen LogP contribution >= 0.6 is 0 Å². The molecule has 5 heteroatoms. The van der Waals surface area contributed by atoms with Crippen molar-refractivity contribution >= 4 is 6.03 Å². The van der Waals surface area contributed by atoms with Gasteiger partial charge in [0.2, 0.25) is 0 Å². The summed E-state index contributed by atoms with van der Waals surface area (Å²) in [6.07, 6.45) is 1.70. The topological polar surface area (TPSA) is 35.6 Å². The summed E-state index contributed by atoms with van der Waals surface area (Å²) in [6.45, 7) is 7.82. The minimum Gasteiger partial charge on any atom is -0.335 e. The van der Waals surface area contributed by atoms with Gasteiger partial charge in [0.15, 0.2) is 0 Å². The molecule has 2 amide bonds. The molecule has 0 aliphatic carbocycles. The van der Waals surface area contributed by atoms with Crippen LogP contribution in [-0.2, 0) is 6.42 Å². The van der Waals surface area contributed by atoms with E-state index < -0.39 is 0 Å². The molecule has 0 spiro atoms. The van der Waals surface area contributed by atoms with E-state index in [1.54, 1.807) is 6.07 Å². The number of halogens is 1. The first-order valence-electron chi connectivity index (χ1n) is 8.46. The molecule has 1 N–H and O–H groups in total. The summed E-state index contributed by atoms with van der Waals surface area (Å²) >= 11 is 0. The van der Waals surface area contributed by atoms with E-state index in [0.29, 0.717) is 12.3 Å². The van der Waals surface area contributed by atoms with Crippen LogP contribution in [0.5, 0.6) is 0 Å². The number of amides is 2. The van der Waals surface area contributed by atoms with Crippen molar-refractivity contribution in [3.05, 3.63) is 35.6 Å². The number of hydrogen-bond acceptors (Lipinski definition) is 2. The molecule has 2 atom stereocenters. The zero-order valence-electron chi connectivity index (χ0n) is 14.4. The van der Waals surface area contributed by atoms with Crippen LogP contribution in [0, 0.1) is 11.7 Å². The van der Waals surface area contributed by atoms with Crippen molar-refractivity contribution in [3.8, 4) is 0 Å². The first kappa shape index (κ1) is 17.7. The lowest BCUT2D eigenvalue weighted by molar-refractivity contribution is 0.201. The van der Waals surface area contributed by atoms with Crippen molar-refractivity contribution in [3.63, 3.8) is 0 Å². The summed E-state index contributed by atoms with van der Waals surface area (Å²) in [7, 11) is 2.11. The molecule has 0 aromatic heterocycles. The SMILES string of the molecule is CCN(C)C[C@@H]1CCN(C(=O)N[C@@H](C)Cc2cccc(F)c2)C1. The third kappa shape index (κ3) is 5.50. The van der Waals surface area contributed by atoms with Crippen LogP contribution in [0.25, 0.3) is 0 Å². The van der Waals surface area contributed by atoms with Crippen molar-refractivity contribution < 1.29 is 9.18 Å². The number of carbonyl (C=O) groups excluding carboxylic acids is 1. The number of benzene rings is 1. The zero-order valence-corrected chi connectivity index (χ0v) is 14.4. The number of nitrogens with zero attached hydrogens (tertiary/aromatic N) is 2. The lowest BCUT2D eigenvalue weighted by Crippen LogP contribution is -2.43. The Bertz CT molecular complexity index is 523. The maximum Gasteiger partial charge on any atom is 0.317 e. The Morgan fingerprint density at radius 1 is 1.52 bits per heavy atom. The standard InChI is InChI=1S/C18H28FN3O/c1-4-21(3)12-16-8-9-22(13-16)18(23)20-14(2)10-15-6-5-7-17(19)11-15/h5-7,11,14,16H,4,8-10,12-13H2,1-3H3,(H,20,23)/t14-,16-/m0/s1. The summed E-state index contributed by atoms with van der Waals surface area (Å²) in [5.41, 5.74) is 0.904. The Hall–Kier alpha value is -1.62. The van der Waals surface area contributed by atoms with Gasteiger partial charge in [0, 0.05) is 25.7 Å². The highest BCUT2D eigenvalue weighted by Crippen LogP contribution is 2.17. The van der Waals surface area contributed by atoms with E-state index in [-0.39, 0.29) is 17.9 Å². The van der Waals surface area contributed by atoms with Crippen molar-refractivity contribution in [1.29, 1.82) is 0 Å². The normalized spacial score (nSPS) is 19.2. The van der Waals surface area contributed by atoms with Crippen molar-refractivity contribution in [2.24, 2.45) is 5.92 Å². The second-order valence-electron chi connectivity index (χ2n) is 6.64. The lowest BCUT2D eigenvalue weighted by Gasteiger charge is -2.22. The molecule has 128 valence electrons. The fourth-order valence-corrected chi connectivity index (χ4v) is 3.11. The summed E-state index contributed by atoms with van der Waals surface area (Å²) < 4.78 is 13.2. The molecule has 0 unspecified atom stereocenters. The summed E-state index contributed by atoms with van der Waals surface area (Å²) in [4.78, 5) is 16.5. The van der Waals surface area contributed by atoms with E-state index in [4.69, 9.17) is 0 Å². The highest BCUT2D eigenvalue weighted by molar-refractivity contribution is 5.74. The Morgan fingerprint density at radius 2 is 2.30 bits per heavy atom. The third-order valence-corrected chi connectivity index (χ3v) is 4.48. The molecule has 23 heavy (non-hydrogen) atoms. The van der Waals surface area contributed by atoms with Gasteiger partial charge in [-0.2, -0.15) is 0 Å². The molecule has 0 bridgehead atoms. The fraction of sp³-hybridized carbons (Fsp3) is 0.611. The predicted octanol–water partition coefficient (Wildman–Crippen LogP) is 2.74. The predicted molar refractivity (Wildman–Crippen MR) is 90.9 cm³/mol. The summed E-state index contributed by atoms with van der Waals surface area (Å²) in [6, 6.07) is 6.53. The smallest absolute Gasteiger partial charge is 0.317 e. The van der Waals surface area contributed by atoms with Gasteiger partial charge in [0.25, 0.3) is 0 Å². The van der Waals surface area contributed by atoms with Gasteiger partial charge in [-0.15, -0.1) is 0 Å². The van der Waals surface area contributed by atoms with Crippen LogP contribution in [0.15, 0.2) is 24.3 Å². The van der Waals surface area contributed by atoms with E-state index in [0.717, 1.165) is 38.2 Å². The van der Waals surface area contributed by atoms with Gasteiger partial charge in [-0.1, -0.05) is 19.1 Å². The van der Waals surface area contributed by atoms with Crippen LogP contribution in [0.1, 0.15) is 25.8 Å². The molecular formula is C18H28FN3O. The van der Waals surface area contributed by atoms with Crippen molar-refractivity contribution in [2.75, 3.05) is 33.2 Å². The van der Waals surface area contributed by atoms with Crippen LogP contribution < -0.4 is 5.32 Å². The van der Waals surface area contributed by atoms with Gasteiger partial charge in [-0.25, -0.2) is 9.18 Å². The number of carbonyl (C=O) groups is 1. The molecule has 4 nitrogen and oxygen atoms in total. The Labute approximate surface area is 138 Å². The fourth-order valence-electron chi connectivity index (χ4n) is 3.11. The minimum atomic E-state index is -0.233. The molecule has 1 heterocycles. The summed E-state index contributed by atoms with van der Waals surface area (Å²) in [5.74, 6) is 0.327. The molecule has 2 rings (SSSR count). The van der Waals surface area contributed by atoms with Gasteiger partial charge in [-0.05, 0) is 57.0 Å². The van der Waals surface area contributed by atoms with Crippen LogP contribution in [0.3, 0.4) is 0 Å². The molecule has 1 saturated heterocycles. The highest BCUT2D eigenvalue weighted by Gasteiger charge is 2.27. The quantitative estimate of drug-likeness (QED) is 0.874. The molecule has 1 aromatic carbocycles. The lowest BCUT2D eigenvalue weighted by atomic mass is 10.1. The van der Waals surface area contributed by atoms with Crippen LogP contribution in [0.2, 0.25) is 0 Å². The van der Waals surface area contributed by atoms with Gasteiger partial charge in [0.1, 0.15) is 5.82 Å². The van der Waals surface area contributed by atoms with E-state index >= 15 is 0 Å². The molecular weight excluding hydrogens is 293 g/mol. The average Bonchev–Trinajstić information content (AvgIpc) is 2.95. The molecule has 1 fully saturated rings. The molecule has 1 aromatic rings. The van der Waals surface area contributed by atoms with Crippen LogP contribution in [-0.4, -0.2) is 55.1 Å². The molecule has 0 radical (unpaired) electrons. The maximum atomic E-state index is 13.2. The number of hydrogen-bond donors (Lipinski definition) is 1. The van der Waals surface area contributed by atoms with Crippen molar-refractivity contribution in [1.82, 2.24) is 15.1 Å². The van der Waals surface area contributed by atoms with E-state index in [1.807, 2.05) is 17.9 Å². The van der Waals surface area contributed by atoms with E-state index in [1.165, 1.54) is 12.1 Å². The van der Waals surface area contributed by atoms with E-state index in [9.17, 15) is 9.18 Å². The average molecular weight is 321 g/mol. The van der Waals surface area contributed by atoms with Gasteiger partial charge < -0.3 is 15.1 Å². The second-order valence-corrected chi connectivity index (χ2v) is 6.64. The Balaban J connectivity index is 1.78. The van der Waals surface area contributed by atoms with E-state index in [2.05, 4.69) is 24.2 Å². The number of urea groups is 1. The van der Waals surface area contributed by atoms with Gasteiger partial charge in [0.05, 0.1) is 0 Å². The first-order valence-corrected chi connectivity index (χ1v) is 8.46. The minimum absolute atomic E-state index is 0.00412. The monoisotopic (exact) mass is 321 g/mol. The summed E-state index contributed by atoms with van der Waals surface area (Å²) in [5, 5.41) is 3.03. The Kier molecular flexibility index (Phi) is 6.39. The third-order valence-electron chi connectivity index (χ3n) is 4.48. The van der Waals surface area contributed by atoms with Gasteiger partial charge >= 0.3 is 6.03 Å². The molecule has 1 aliphatic heterocycles. The highest BCUT2D eigenvalue weighted by atomic mass is 19.1. The zero-order chi connectivity index (χ0) is 16.8. The second kappa shape index (κ2) is 8.29. The first-order chi connectivity index (χ1) is 11.0. The van der Waals surface area contributed by atoms with Gasteiger partial charge in [-0.3, -0.25) is 0 Å². The Morgan fingerprint density at radius 3 is 3.00 bits per heavy atom. The largest absolute Gasteiger partial charge is 0.335 e. The van der Waals surface area contributed by atoms with Crippen LogP contribution in [0.4, 0.5) is 9.18 Å². The maximum absolute atomic E-state index is 13.2. The molecule has 0 saturated carbocycles. The number of rotatable bonds is 6.